The molecule has 0 bridgehead atoms. The third-order valence-electron chi connectivity index (χ3n) is 3.82. The fourth-order valence-corrected chi connectivity index (χ4v) is 2.97. The molecule has 2 atom stereocenters. The van der Waals surface area contributed by atoms with E-state index in [0.717, 1.165) is 12.0 Å². The summed E-state index contributed by atoms with van der Waals surface area (Å²) < 4.78 is 0. The topological polar surface area (TPSA) is 32.3 Å². The molecule has 0 heterocycles. The highest BCUT2D eigenvalue weighted by Gasteiger charge is 2.22. The van der Waals surface area contributed by atoms with Gasteiger partial charge in [0.1, 0.15) is 0 Å². The molecule has 0 saturated carbocycles. The number of aryl methyl sites for hydroxylation is 1. The van der Waals surface area contributed by atoms with E-state index in [4.69, 9.17) is 0 Å². The number of nitrogens with one attached hydrogen (secondary N) is 1. The number of hydrogen-bond acceptors (Lipinski definition) is 2. The zero-order valence-electron chi connectivity index (χ0n) is 11.7. The van der Waals surface area contributed by atoms with Crippen LogP contribution in [-0.2, 0) is 12.8 Å². The summed E-state index contributed by atoms with van der Waals surface area (Å²) in [5, 5.41) is 13.9. The van der Waals surface area contributed by atoms with Crippen molar-refractivity contribution in [1.29, 1.82) is 0 Å². The average Bonchev–Trinajstić information content (AvgIpc) is 2.36. The number of benzene rings is 1. The van der Waals surface area contributed by atoms with Crippen LogP contribution in [0.15, 0.2) is 18.2 Å². The van der Waals surface area contributed by atoms with Crippen molar-refractivity contribution in [2.24, 2.45) is 0 Å². The smallest absolute Gasteiger partial charge is 0.0943 e. The van der Waals surface area contributed by atoms with Crippen molar-refractivity contribution in [1.82, 2.24) is 5.32 Å². The summed E-state index contributed by atoms with van der Waals surface area (Å²) in [6.07, 6.45) is 4.42. The Bertz CT molecular complexity index is 400. The van der Waals surface area contributed by atoms with Gasteiger partial charge < -0.3 is 10.4 Å². The molecule has 0 fully saturated rings. The number of aliphatic hydroxyl groups excluding tert-OH is 1. The highest BCUT2D eigenvalue weighted by molar-refractivity contribution is 5.38. The Balaban J connectivity index is 2.22. The monoisotopic (exact) mass is 247 g/mol. The van der Waals surface area contributed by atoms with Crippen LogP contribution in [0.3, 0.4) is 0 Å². The van der Waals surface area contributed by atoms with Crippen LogP contribution in [-0.4, -0.2) is 17.2 Å². The van der Waals surface area contributed by atoms with E-state index >= 15 is 0 Å². The van der Waals surface area contributed by atoms with Gasteiger partial charge in [-0.15, -0.1) is 0 Å². The highest BCUT2D eigenvalue weighted by atomic mass is 16.3. The Kier molecular flexibility index (Phi) is 4.41. The van der Waals surface area contributed by atoms with E-state index in [-0.39, 0.29) is 6.04 Å². The molecule has 0 amide bonds. The third kappa shape index (κ3) is 2.93. The molecule has 2 N–H and O–H groups in total. The number of hydrogen-bond donors (Lipinski definition) is 2. The molecule has 0 aromatic heterocycles. The van der Waals surface area contributed by atoms with Crippen molar-refractivity contribution < 1.29 is 5.11 Å². The summed E-state index contributed by atoms with van der Waals surface area (Å²) in [4.78, 5) is 0. The number of aliphatic hydroxyl groups is 1. The first kappa shape index (κ1) is 13.6. The molecule has 2 rings (SSSR count). The highest BCUT2D eigenvalue weighted by Crippen LogP contribution is 2.29. The Morgan fingerprint density at radius 3 is 2.56 bits per heavy atom. The lowest BCUT2D eigenvalue weighted by Crippen LogP contribution is -2.37. The van der Waals surface area contributed by atoms with Crippen LogP contribution in [0.5, 0.6) is 0 Å². The molecule has 18 heavy (non-hydrogen) atoms. The minimum atomic E-state index is -0.402. The Hall–Kier alpha value is -0.860. The average molecular weight is 247 g/mol. The second-order valence-corrected chi connectivity index (χ2v) is 5.75. The van der Waals surface area contributed by atoms with E-state index in [1.165, 1.54) is 30.4 Å². The maximum absolute atomic E-state index is 10.5. The van der Waals surface area contributed by atoms with Crippen molar-refractivity contribution in [2.45, 2.75) is 64.6 Å². The van der Waals surface area contributed by atoms with Crippen LogP contribution in [0, 0.1) is 0 Å². The predicted molar refractivity (Wildman–Crippen MR) is 75.8 cm³/mol. The fraction of sp³-hybridized carbons (Fsp3) is 0.625. The van der Waals surface area contributed by atoms with Crippen LogP contribution in [0.2, 0.25) is 0 Å². The van der Waals surface area contributed by atoms with E-state index in [9.17, 15) is 5.11 Å². The molecule has 1 aromatic rings. The SMILES string of the molecule is CC(C)N[C@H](C)[C@H](O)c1cccc2c1CCCC2. The van der Waals surface area contributed by atoms with Crippen LogP contribution in [0.4, 0.5) is 0 Å². The molecule has 0 spiro atoms. The molecule has 2 nitrogen and oxygen atoms in total. The van der Waals surface area contributed by atoms with Gasteiger partial charge >= 0.3 is 0 Å². The van der Waals surface area contributed by atoms with E-state index in [1.807, 2.05) is 0 Å². The van der Waals surface area contributed by atoms with Crippen molar-refractivity contribution in [3.63, 3.8) is 0 Å². The Morgan fingerprint density at radius 1 is 1.11 bits per heavy atom. The van der Waals surface area contributed by atoms with Crippen LogP contribution in [0.25, 0.3) is 0 Å². The largest absolute Gasteiger partial charge is 0.387 e. The fourth-order valence-electron chi connectivity index (χ4n) is 2.97. The molecule has 0 aliphatic heterocycles. The van der Waals surface area contributed by atoms with E-state index in [0.29, 0.717) is 6.04 Å². The van der Waals surface area contributed by atoms with E-state index in [2.05, 4.69) is 44.3 Å². The second kappa shape index (κ2) is 5.85. The lowest BCUT2D eigenvalue weighted by molar-refractivity contribution is 0.130. The van der Waals surface area contributed by atoms with Gasteiger partial charge in [0.05, 0.1) is 6.10 Å². The number of fused-ring (bicyclic) bond motifs is 1. The molecular weight excluding hydrogens is 222 g/mol. The van der Waals surface area contributed by atoms with E-state index in [1.54, 1.807) is 0 Å². The van der Waals surface area contributed by atoms with Crippen molar-refractivity contribution in [3.8, 4) is 0 Å². The van der Waals surface area contributed by atoms with E-state index < -0.39 is 6.10 Å². The Morgan fingerprint density at radius 2 is 1.83 bits per heavy atom. The van der Waals surface area contributed by atoms with Gasteiger partial charge in [0.2, 0.25) is 0 Å². The first-order valence-electron chi connectivity index (χ1n) is 7.14. The summed E-state index contributed by atoms with van der Waals surface area (Å²) >= 11 is 0. The molecule has 0 unspecified atom stereocenters. The molecule has 1 aromatic carbocycles. The summed E-state index contributed by atoms with van der Waals surface area (Å²) in [6.45, 7) is 6.29. The van der Waals surface area contributed by atoms with Gasteiger partial charge in [-0.1, -0.05) is 32.0 Å². The summed E-state index contributed by atoms with van der Waals surface area (Å²) in [5.74, 6) is 0. The molecule has 1 aliphatic rings. The van der Waals surface area contributed by atoms with Gasteiger partial charge in [-0.05, 0) is 49.3 Å². The molecule has 100 valence electrons. The lowest BCUT2D eigenvalue weighted by Gasteiger charge is -2.27. The van der Waals surface area contributed by atoms with Gasteiger partial charge in [-0.25, -0.2) is 0 Å². The van der Waals surface area contributed by atoms with Gasteiger partial charge in [-0.2, -0.15) is 0 Å². The minimum absolute atomic E-state index is 0.0958. The quantitative estimate of drug-likeness (QED) is 0.857. The van der Waals surface area contributed by atoms with Crippen molar-refractivity contribution >= 4 is 0 Å². The van der Waals surface area contributed by atoms with Gasteiger partial charge in [0.15, 0.2) is 0 Å². The second-order valence-electron chi connectivity index (χ2n) is 5.75. The molecular formula is C16H25NO. The van der Waals surface area contributed by atoms with Gasteiger partial charge in [0.25, 0.3) is 0 Å². The van der Waals surface area contributed by atoms with Crippen LogP contribution in [0.1, 0.15) is 56.4 Å². The van der Waals surface area contributed by atoms with Gasteiger partial charge in [-0.3, -0.25) is 0 Å². The van der Waals surface area contributed by atoms with Crippen LogP contribution < -0.4 is 5.32 Å². The zero-order chi connectivity index (χ0) is 13.1. The minimum Gasteiger partial charge on any atom is -0.387 e. The summed E-state index contributed by atoms with van der Waals surface area (Å²) in [5.41, 5.74) is 3.97. The predicted octanol–water partition coefficient (Wildman–Crippen LogP) is 2.99. The van der Waals surface area contributed by atoms with Crippen molar-refractivity contribution in [2.75, 3.05) is 0 Å². The molecule has 1 aliphatic carbocycles. The maximum atomic E-state index is 10.5. The van der Waals surface area contributed by atoms with Crippen molar-refractivity contribution in [3.05, 3.63) is 34.9 Å². The lowest BCUT2D eigenvalue weighted by atomic mass is 9.85. The number of rotatable bonds is 4. The van der Waals surface area contributed by atoms with Gasteiger partial charge in [0, 0.05) is 12.1 Å². The van der Waals surface area contributed by atoms with Crippen LogP contribution >= 0.6 is 0 Å². The summed E-state index contributed by atoms with van der Waals surface area (Å²) in [6, 6.07) is 6.89. The molecule has 0 radical (unpaired) electrons. The maximum Gasteiger partial charge on any atom is 0.0943 e. The first-order valence-corrected chi connectivity index (χ1v) is 7.14. The Labute approximate surface area is 110 Å². The molecule has 2 heteroatoms. The standard InChI is InChI=1S/C16H25NO/c1-11(2)17-12(3)16(18)15-10-6-8-13-7-4-5-9-14(13)15/h6,8,10-12,16-18H,4-5,7,9H2,1-3H3/t12-,16+/m1/s1. The third-order valence-corrected chi connectivity index (χ3v) is 3.82. The summed E-state index contributed by atoms with van der Waals surface area (Å²) in [7, 11) is 0. The molecule has 0 saturated heterocycles. The zero-order valence-corrected chi connectivity index (χ0v) is 11.7. The first-order chi connectivity index (χ1) is 8.59. The normalized spacial score (nSPS) is 18.5.